The second kappa shape index (κ2) is 4.45. The molecule has 0 bridgehead atoms. The van der Waals surface area contributed by atoms with Gasteiger partial charge in [-0.05, 0) is 32.9 Å². The number of ether oxygens (including phenoxy) is 1. The predicted octanol–water partition coefficient (Wildman–Crippen LogP) is 1.97. The van der Waals surface area contributed by atoms with Gasteiger partial charge in [-0.1, -0.05) is 18.2 Å². The molecule has 3 nitrogen and oxygen atoms in total. The molecule has 0 aromatic heterocycles. The third kappa shape index (κ3) is 3.06. The van der Waals surface area contributed by atoms with E-state index in [1.165, 1.54) is 0 Å². The summed E-state index contributed by atoms with van der Waals surface area (Å²) in [5, 5.41) is 0. The van der Waals surface area contributed by atoms with Crippen molar-refractivity contribution in [3.8, 4) is 0 Å². The molecule has 0 fully saturated rings. The van der Waals surface area contributed by atoms with E-state index in [0.717, 1.165) is 0 Å². The molecular weight excluding hydrogens is 190 g/mol. The molecule has 2 N–H and O–H groups in total. The Morgan fingerprint density at radius 3 is 2.33 bits per heavy atom. The van der Waals surface area contributed by atoms with Gasteiger partial charge in [-0.15, -0.1) is 0 Å². The van der Waals surface area contributed by atoms with E-state index in [2.05, 4.69) is 0 Å². The molecule has 0 saturated carbocycles. The molecule has 0 heterocycles. The van der Waals surface area contributed by atoms with Gasteiger partial charge in [-0.25, -0.2) is 4.79 Å². The van der Waals surface area contributed by atoms with Crippen molar-refractivity contribution in [2.75, 3.05) is 0 Å². The molecular formula is C12H17NO2. The van der Waals surface area contributed by atoms with Crippen molar-refractivity contribution in [1.82, 2.24) is 0 Å². The van der Waals surface area contributed by atoms with Crippen molar-refractivity contribution in [3.05, 3.63) is 35.9 Å². The molecule has 1 unspecified atom stereocenters. The van der Waals surface area contributed by atoms with Crippen LogP contribution in [-0.2, 0) is 4.74 Å². The van der Waals surface area contributed by atoms with Crippen LogP contribution >= 0.6 is 0 Å². The van der Waals surface area contributed by atoms with Crippen molar-refractivity contribution in [3.63, 3.8) is 0 Å². The molecule has 3 heteroatoms. The largest absolute Gasteiger partial charge is 0.454 e. The summed E-state index contributed by atoms with van der Waals surface area (Å²) in [5.74, 6) is -0.335. The molecule has 1 atom stereocenters. The average molecular weight is 207 g/mol. The summed E-state index contributed by atoms with van der Waals surface area (Å²) in [7, 11) is 0. The summed E-state index contributed by atoms with van der Waals surface area (Å²) in [5.41, 5.74) is 5.62. The molecule has 0 aliphatic rings. The minimum atomic E-state index is -0.646. The summed E-state index contributed by atoms with van der Waals surface area (Å²) in [6, 6.07) is 8.70. The van der Waals surface area contributed by atoms with Gasteiger partial charge >= 0.3 is 5.97 Å². The van der Waals surface area contributed by atoms with Gasteiger partial charge in [0.2, 0.25) is 0 Å². The fourth-order valence-corrected chi connectivity index (χ4v) is 0.965. The Kier molecular flexibility index (Phi) is 3.48. The van der Waals surface area contributed by atoms with E-state index < -0.39 is 5.60 Å². The van der Waals surface area contributed by atoms with Gasteiger partial charge in [0.05, 0.1) is 5.56 Å². The van der Waals surface area contributed by atoms with Crippen molar-refractivity contribution >= 4 is 5.97 Å². The Morgan fingerprint density at radius 2 is 1.87 bits per heavy atom. The zero-order chi connectivity index (χ0) is 11.5. The zero-order valence-corrected chi connectivity index (χ0v) is 9.36. The van der Waals surface area contributed by atoms with Gasteiger partial charge in [0, 0.05) is 6.04 Å². The molecule has 0 aliphatic carbocycles. The number of esters is 1. The van der Waals surface area contributed by atoms with E-state index in [0.29, 0.717) is 5.56 Å². The zero-order valence-electron chi connectivity index (χ0n) is 9.36. The molecule has 1 aromatic rings. The molecule has 0 amide bonds. The minimum absolute atomic E-state index is 0.204. The number of nitrogens with two attached hydrogens (primary N) is 1. The molecule has 0 radical (unpaired) electrons. The van der Waals surface area contributed by atoms with Gasteiger partial charge in [0.1, 0.15) is 5.60 Å². The molecule has 82 valence electrons. The lowest BCUT2D eigenvalue weighted by Crippen LogP contribution is -2.44. The molecule has 0 spiro atoms. The Bertz CT molecular complexity index is 331. The highest BCUT2D eigenvalue weighted by atomic mass is 16.6. The first-order chi connectivity index (χ1) is 6.93. The van der Waals surface area contributed by atoms with Crippen LogP contribution in [-0.4, -0.2) is 17.6 Å². The maximum absolute atomic E-state index is 11.7. The first-order valence-electron chi connectivity index (χ1n) is 4.97. The normalized spacial score (nSPS) is 13.3. The standard InChI is InChI=1S/C12H17NO2/c1-9(13)12(2,3)15-11(14)10-7-5-4-6-8-10/h4-9H,13H2,1-3H3. The van der Waals surface area contributed by atoms with Crippen LogP contribution in [0.3, 0.4) is 0 Å². The molecule has 1 rings (SSSR count). The Hall–Kier alpha value is -1.35. The van der Waals surface area contributed by atoms with E-state index in [1.807, 2.05) is 13.0 Å². The van der Waals surface area contributed by atoms with Gasteiger partial charge in [0.15, 0.2) is 0 Å². The summed E-state index contributed by atoms with van der Waals surface area (Å²) in [6.45, 7) is 5.43. The lowest BCUT2D eigenvalue weighted by atomic mass is 10.0. The van der Waals surface area contributed by atoms with Crippen LogP contribution < -0.4 is 5.73 Å². The number of rotatable bonds is 3. The topological polar surface area (TPSA) is 52.3 Å². The van der Waals surface area contributed by atoms with Crippen LogP contribution in [0.4, 0.5) is 0 Å². The maximum Gasteiger partial charge on any atom is 0.338 e. The van der Waals surface area contributed by atoms with Crippen LogP contribution in [0.1, 0.15) is 31.1 Å². The first kappa shape index (κ1) is 11.7. The van der Waals surface area contributed by atoms with Crippen LogP contribution in [0.5, 0.6) is 0 Å². The monoisotopic (exact) mass is 207 g/mol. The van der Waals surface area contributed by atoms with Crippen molar-refractivity contribution in [2.45, 2.75) is 32.4 Å². The summed E-state index contributed by atoms with van der Waals surface area (Å²) in [6.07, 6.45) is 0. The third-order valence-electron chi connectivity index (χ3n) is 2.46. The minimum Gasteiger partial charge on any atom is -0.454 e. The van der Waals surface area contributed by atoms with Crippen molar-refractivity contribution < 1.29 is 9.53 Å². The molecule has 0 saturated heterocycles. The summed E-state index contributed by atoms with van der Waals surface area (Å²) < 4.78 is 5.32. The second-order valence-electron chi connectivity index (χ2n) is 4.15. The van der Waals surface area contributed by atoms with Crippen LogP contribution in [0.2, 0.25) is 0 Å². The van der Waals surface area contributed by atoms with E-state index >= 15 is 0 Å². The fourth-order valence-electron chi connectivity index (χ4n) is 0.965. The quantitative estimate of drug-likeness (QED) is 0.771. The van der Waals surface area contributed by atoms with Crippen molar-refractivity contribution in [1.29, 1.82) is 0 Å². The number of carbonyl (C=O) groups is 1. The van der Waals surface area contributed by atoms with Crippen LogP contribution in [0, 0.1) is 0 Å². The van der Waals surface area contributed by atoms with Gasteiger partial charge in [0.25, 0.3) is 0 Å². The lowest BCUT2D eigenvalue weighted by Gasteiger charge is -2.28. The van der Waals surface area contributed by atoms with Crippen LogP contribution in [0.15, 0.2) is 30.3 Å². The fraction of sp³-hybridized carbons (Fsp3) is 0.417. The maximum atomic E-state index is 11.7. The SMILES string of the molecule is CC(N)C(C)(C)OC(=O)c1ccccc1. The molecule has 15 heavy (non-hydrogen) atoms. The van der Waals surface area contributed by atoms with E-state index in [4.69, 9.17) is 10.5 Å². The number of carbonyl (C=O) groups excluding carboxylic acids is 1. The average Bonchev–Trinajstić information content (AvgIpc) is 2.18. The Morgan fingerprint density at radius 1 is 1.33 bits per heavy atom. The lowest BCUT2D eigenvalue weighted by molar-refractivity contribution is -0.00985. The Balaban J connectivity index is 2.73. The smallest absolute Gasteiger partial charge is 0.338 e. The second-order valence-corrected chi connectivity index (χ2v) is 4.15. The van der Waals surface area contributed by atoms with E-state index in [9.17, 15) is 4.79 Å². The highest BCUT2D eigenvalue weighted by Gasteiger charge is 2.27. The van der Waals surface area contributed by atoms with Crippen LogP contribution in [0.25, 0.3) is 0 Å². The number of hydrogen-bond acceptors (Lipinski definition) is 3. The molecule has 1 aromatic carbocycles. The summed E-state index contributed by atoms with van der Waals surface area (Å²) in [4.78, 5) is 11.7. The first-order valence-corrected chi connectivity index (χ1v) is 4.97. The predicted molar refractivity (Wildman–Crippen MR) is 59.6 cm³/mol. The third-order valence-corrected chi connectivity index (χ3v) is 2.46. The van der Waals surface area contributed by atoms with E-state index in [1.54, 1.807) is 38.1 Å². The van der Waals surface area contributed by atoms with E-state index in [-0.39, 0.29) is 12.0 Å². The number of hydrogen-bond donors (Lipinski definition) is 1. The number of benzene rings is 1. The van der Waals surface area contributed by atoms with Gasteiger partial charge in [-0.2, -0.15) is 0 Å². The highest BCUT2D eigenvalue weighted by molar-refractivity contribution is 5.89. The van der Waals surface area contributed by atoms with Gasteiger partial charge in [-0.3, -0.25) is 0 Å². The molecule has 0 aliphatic heterocycles. The Labute approximate surface area is 90.2 Å². The summed E-state index contributed by atoms with van der Waals surface area (Å²) >= 11 is 0. The van der Waals surface area contributed by atoms with Gasteiger partial charge < -0.3 is 10.5 Å². The highest BCUT2D eigenvalue weighted by Crippen LogP contribution is 2.15. The van der Waals surface area contributed by atoms with Crippen molar-refractivity contribution in [2.24, 2.45) is 5.73 Å².